The first kappa shape index (κ1) is 32.9. The molecule has 33 heavy (non-hydrogen) atoms. The quantitative estimate of drug-likeness (QED) is 0.107. The molecule has 0 bridgehead atoms. The van der Waals surface area contributed by atoms with Crippen LogP contribution in [0.25, 0.3) is 0 Å². The molecule has 200 valence electrons. The van der Waals surface area contributed by atoms with Crippen LogP contribution >= 0.6 is 0 Å². The molecule has 0 saturated heterocycles. The van der Waals surface area contributed by atoms with Gasteiger partial charge in [-0.25, -0.2) is 0 Å². The molecule has 2 atom stereocenters. The van der Waals surface area contributed by atoms with E-state index < -0.39 is 35.8 Å². The molecule has 0 heterocycles. The van der Waals surface area contributed by atoms with E-state index in [1.807, 2.05) is 0 Å². The number of ether oxygens (including phenoxy) is 1. The van der Waals surface area contributed by atoms with Crippen LogP contribution < -0.4 is 0 Å². The van der Waals surface area contributed by atoms with Gasteiger partial charge >= 0.3 is 20.9 Å². The van der Waals surface area contributed by atoms with Crippen molar-refractivity contribution >= 4 is 17.1 Å². The van der Waals surface area contributed by atoms with Crippen LogP contribution in [-0.2, 0) is 22.4 Å². The minimum absolute atomic E-state index is 0.0704. The zero-order chi connectivity index (χ0) is 25.8. The van der Waals surface area contributed by atoms with Crippen molar-refractivity contribution in [3.8, 4) is 0 Å². The Morgan fingerprint density at radius 3 is 1.79 bits per heavy atom. The third-order valence-electron chi connectivity index (χ3n) is 5.44. The van der Waals surface area contributed by atoms with Crippen LogP contribution in [-0.4, -0.2) is 69.9 Å². The second-order valence-electron chi connectivity index (χ2n) is 9.39. The highest BCUT2D eigenvalue weighted by Gasteiger charge is 2.57. The second-order valence-corrected chi connectivity index (χ2v) is 16.9. The molecule has 0 aromatic rings. The molecule has 0 aliphatic carbocycles. The van der Waals surface area contributed by atoms with Crippen LogP contribution in [0.4, 0.5) is 22.0 Å². The largest absolute Gasteiger partial charge is 0.500 e. The SMILES string of the molecule is CO[Si](CCCCCCC(C)C(CCCOCC(F)(F)C(F)(F)F)O[Si](C)(C)C)(OC)OC. The third-order valence-corrected chi connectivity index (χ3v) is 9.28. The van der Waals surface area contributed by atoms with Crippen molar-refractivity contribution in [2.24, 2.45) is 5.92 Å². The van der Waals surface area contributed by atoms with Gasteiger partial charge in [0.05, 0.1) is 0 Å². The maximum atomic E-state index is 12.9. The maximum absolute atomic E-state index is 12.9. The van der Waals surface area contributed by atoms with Gasteiger partial charge in [-0.2, -0.15) is 22.0 Å². The number of rotatable bonds is 19. The summed E-state index contributed by atoms with van der Waals surface area (Å²) in [5.74, 6) is -4.58. The summed E-state index contributed by atoms with van der Waals surface area (Å²) in [6.45, 7) is 6.52. The Morgan fingerprint density at radius 1 is 0.758 bits per heavy atom. The van der Waals surface area contributed by atoms with Crippen molar-refractivity contribution in [2.45, 2.75) is 95.8 Å². The van der Waals surface area contributed by atoms with Crippen LogP contribution in [0, 0.1) is 5.92 Å². The summed E-state index contributed by atoms with van der Waals surface area (Å²) in [7, 11) is 0.439. The fraction of sp³-hybridized carbons (Fsp3) is 1.00. The van der Waals surface area contributed by atoms with Crippen LogP contribution in [0.3, 0.4) is 0 Å². The summed E-state index contributed by atoms with van der Waals surface area (Å²) < 4.78 is 89.7. The molecule has 0 spiro atoms. The summed E-state index contributed by atoms with van der Waals surface area (Å²) in [6.07, 6.45) is 0.249. The number of alkyl halides is 5. The molecular formula is C21H43F5O5Si2. The number of hydrogen-bond donors (Lipinski definition) is 0. The lowest BCUT2D eigenvalue weighted by Gasteiger charge is -2.31. The van der Waals surface area contributed by atoms with Crippen molar-refractivity contribution in [1.29, 1.82) is 0 Å². The highest BCUT2D eigenvalue weighted by atomic mass is 28.4. The molecular weight excluding hydrogens is 483 g/mol. The molecule has 2 unspecified atom stereocenters. The Labute approximate surface area is 198 Å². The summed E-state index contributed by atoms with van der Waals surface area (Å²) in [6, 6.07) is 0.765. The van der Waals surface area contributed by atoms with Crippen molar-refractivity contribution in [2.75, 3.05) is 34.5 Å². The van der Waals surface area contributed by atoms with Gasteiger partial charge in [0.15, 0.2) is 8.32 Å². The van der Waals surface area contributed by atoms with E-state index in [0.29, 0.717) is 12.8 Å². The van der Waals surface area contributed by atoms with Crippen LogP contribution in [0.1, 0.15) is 51.9 Å². The summed E-state index contributed by atoms with van der Waals surface area (Å²) >= 11 is 0. The Morgan fingerprint density at radius 2 is 1.30 bits per heavy atom. The standard InChI is InChI=1S/C21H43F5O5Si2/c1-18(13-10-8-9-11-16-33(27-2,28-3)29-4)19(31-32(5,6)7)14-12-15-30-17-20(22,23)21(24,25)26/h18-19H,8-17H2,1-7H3. The number of unbranched alkanes of at least 4 members (excludes halogenated alkanes) is 3. The molecule has 0 rings (SSSR count). The normalized spacial score (nSPS) is 15.6. The molecule has 0 aliphatic rings. The predicted octanol–water partition coefficient (Wildman–Crippen LogP) is 6.67. The van der Waals surface area contributed by atoms with Gasteiger partial charge in [-0.05, 0) is 51.2 Å². The lowest BCUT2D eigenvalue weighted by molar-refractivity contribution is -0.296. The minimum Gasteiger partial charge on any atom is -0.414 e. The first-order valence-corrected chi connectivity index (χ1v) is 16.8. The van der Waals surface area contributed by atoms with E-state index in [4.69, 9.17) is 17.7 Å². The lowest BCUT2D eigenvalue weighted by Crippen LogP contribution is -2.42. The van der Waals surface area contributed by atoms with E-state index in [1.165, 1.54) is 0 Å². The first-order chi connectivity index (χ1) is 15.1. The summed E-state index contributed by atoms with van der Waals surface area (Å²) in [5, 5.41) is 0. The number of hydrogen-bond acceptors (Lipinski definition) is 5. The molecule has 0 amide bonds. The summed E-state index contributed by atoms with van der Waals surface area (Å²) in [5.41, 5.74) is 0. The molecule has 0 aliphatic heterocycles. The topological polar surface area (TPSA) is 46.2 Å². The average molecular weight is 527 g/mol. The second kappa shape index (κ2) is 15.1. The number of halogens is 5. The van der Waals surface area contributed by atoms with Gasteiger partial charge in [0.2, 0.25) is 0 Å². The Kier molecular flexibility index (Phi) is 15.0. The summed E-state index contributed by atoms with van der Waals surface area (Å²) in [4.78, 5) is 0. The van der Waals surface area contributed by atoms with Gasteiger partial charge in [-0.3, -0.25) is 0 Å². The van der Waals surface area contributed by atoms with E-state index in [-0.39, 0.29) is 18.6 Å². The molecule has 0 radical (unpaired) electrons. The molecule has 12 heteroatoms. The minimum atomic E-state index is -5.59. The maximum Gasteiger partial charge on any atom is 0.500 e. The van der Waals surface area contributed by atoms with Crippen molar-refractivity contribution in [3.63, 3.8) is 0 Å². The van der Waals surface area contributed by atoms with Crippen molar-refractivity contribution < 1.29 is 44.4 Å². The van der Waals surface area contributed by atoms with Crippen LogP contribution in [0.2, 0.25) is 25.7 Å². The van der Waals surface area contributed by atoms with E-state index in [0.717, 1.165) is 38.1 Å². The third kappa shape index (κ3) is 13.5. The zero-order valence-corrected chi connectivity index (χ0v) is 23.2. The molecule has 0 fully saturated rings. The Bertz CT molecular complexity index is 506. The molecule has 0 saturated carbocycles. The highest BCUT2D eigenvalue weighted by molar-refractivity contribution is 6.69. The Hall–Kier alpha value is -0.116. The molecule has 0 N–H and O–H groups in total. The van der Waals surface area contributed by atoms with E-state index >= 15 is 0 Å². The fourth-order valence-corrected chi connectivity index (χ4v) is 6.54. The van der Waals surface area contributed by atoms with Gasteiger partial charge in [-0.15, -0.1) is 0 Å². The monoisotopic (exact) mass is 526 g/mol. The lowest BCUT2D eigenvalue weighted by atomic mass is 9.94. The smallest absolute Gasteiger partial charge is 0.414 e. The average Bonchev–Trinajstić information content (AvgIpc) is 2.70. The fourth-order valence-electron chi connectivity index (χ4n) is 3.49. The van der Waals surface area contributed by atoms with E-state index in [9.17, 15) is 22.0 Å². The van der Waals surface area contributed by atoms with Gasteiger partial charge in [0.1, 0.15) is 6.61 Å². The van der Waals surface area contributed by atoms with Crippen LogP contribution in [0.5, 0.6) is 0 Å². The van der Waals surface area contributed by atoms with Gasteiger partial charge in [0, 0.05) is 40.1 Å². The molecule has 5 nitrogen and oxygen atoms in total. The van der Waals surface area contributed by atoms with Crippen LogP contribution in [0.15, 0.2) is 0 Å². The predicted molar refractivity (Wildman–Crippen MR) is 123 cm³/mol. The van der Waals surface area contributed by atoms with Gasteiger partial charge in [0.25, 0.3) is 0 Å². The Balaban J connectivity index is 4.41. The van der Waals surface area contributed by atoms with Crippen molar-refractivity contribution in [3.05, 3.63) is 0 Å². The van der Waals surface area contributed by atoms with Gasteiger partial charge in [-0.1, -0.05) is 26.2 Å². The molecule has 0 aromatic heterocycles. The van der Waals surface area contributed by atoms with E-state index in [1.54, 1.807) is 21.3 Å². The van der Waals surface area contributed by atoms with Gasteiger partial charge < -0.3 is 22.4 Å². The van der Waals surface area contributed by atoms with Crippen molar-refractivity contribution in [1.82, 2.24) is 0 Å². The highest BCUT2D eigenvalue weighted by Crippen LogP contribution is 2.35. The first-order valence-electron chi connectivity index (χ1n) is 11.5. The zero-order valence-electron chi connectivity index (χ0n) is 21.2. The van der Waals surface area contributed by atoms with E-state index in [2.05, 4.69) is 31.3 Å². The molecule has 0 aromatic carbocycles.